The van der Waals surface area contributed by atoms with Crippen molar-refractivity contribution in [3.63, 3.8) is 0 Å². The number of nitrogens with zero attached hydrogens (tertiary/aromatic N) is 2. The van der Waals surface area contributed by atoms with Gasteiger partial charge in [-0.3, -0.25) is 4.79 Å². The molecule has 0 saturated heterocycles. The number of anilines is 3. The maximum absolute atomic E-state index is 13.2. The van der Waals surface area contributed by atoms with E-state index in [-0.39, 0.29) is 16.7 Å². The summed E-state index contributed by atoms with van der Waals surface area (Å²) in [5, 5.41) is 6.11. The average molecular weight is 391 g/mol. The van der Waals surface area contributed by atoms with Gasteiger partial charge >= 0.3 is 0 Å². The zero-order valence-corrected chi connectivity index (χ0v) is 15.1. The van der Waals surface area contributed by atoms with Crippen LogP contribution in [-0.2, 0) is 0 Å². The molecule has 0 bridgehead atoms. The summed E-state index contributed by atoms with van der Waals surface area (Å²) < 4.78 is 13.2. The summed E-state index contributed by atoms with van der Waals surface area (Å²) in [7, 11) is 0. The van der Waals surface area contributed by atoms with Gasteiger partial charge < -0.3 is 10.6 Å². The summed E-state index contributed by atoms with van der Waals surface area (Å²) in [5.41, 5.74) is 1.82. The van der Waals surface area contributed by atoms with Crippen LogP contribution in [0.5, 0.6) is 0 Å². The first-order valence-corrected chi connectivity index (χ1v) is 8.31. The molecule has 2 aromatic carbocycles. The number of carbonyl (C=O) groups excluding carboxylic acids is 1. The molecule has 3 aromatic rings. The molecule has 2 N–H and O–H groups in total. The minimum atomic E-state index is -0.560. The fraction of sp³-hybridized carbons (Fsp3) is 0.0556. The topological polar surface area (TPSA) is 66.9 Å². The highest BCUT2D eigenvalue weighted by Gasteiger charge is 2.12. The standard InChI is InChI=1S/C18H13Cl2FN4O/c1-10-7-16(17(26)23-13-5-6-15(21)14(20)9-13)25-18(22-10)24-12-4-2-3-11(19)8-12/h2-9H,1H3,(H,23,26)(H,22,24,25). The lowest BCUT2D eigenvalue weighted by molar-refractivity contribution is 0.102. The first-order valence-electron chi connectivity index (χ1n) is 7.55. The van der Waals surface area contributed by atoms with Crippen molar-refractivity contribution in [1.29, 1.82) is 0 Å². The van der Waals surface area contributed by atoms with Gasteiger partial charge in [0.15, 0.2) is 0 Å². The average Bonchev–Trinajstić information content (AvgIpc) is 2.57. The molecule has 132 valence electrons. The summed E-state index contributed by atoms with van der Waals surface area (Å²) in [5.74, 6) is -0.766. The third-order valence-electron chi connectivity index (χ3n) is 3.35. The highest BCUT2D eigenvalue weighted by atomic mass is 35.5. The lowest BCUT2D eigenvalue weighted by Gasteiger charge is -2.09. The normalized spacial score (nSPS) is 10.5. The summed E-state index contributed by atoms with van der Waals surface area (Å²) in [6, 6.07) is 12.5. The van der Waals surface area contributed by atoms with E-state index in [1.54, 1.807) is 37.3 Å². The summed E-state index contributed by atoms with van der Waals surface area (Å²) >= 11 is 11.7. The molecule has 26 heavy (non-hydrogen) atoms. The van der Waals surface area contributed by atoms with E-state index in [1.807, 2.05) is 0 Å². The van der Waals surface area contributed by atoms with Crippen molar-refractivity contribution in [3.05, 3.63) is 75.8 Å². The highest BCUT2D eigenvalue weighted by Crippen LogP contribution is 2.21. The molecule has 0 fully saturated rings. The summed E-state index contributed by atoms with van der Waals surface area (Å²) in [6.45, 7) is 1.75. The fourth-order valence-electron chi connectivity index (χ4n) is 2.21. The third-order valence-corrected chi connectivity index (χ3v) is 3.87. The Morgan fingerprint density at radius 1 is 1.04 bits per heavy atom. The molecule has 3 rings (SSSR count). The Kier molecular flexibility index (Phi) is 5.35. The number of halogens is 3. The van der Waals surface area contributed by atoms with Crippen LogP contribution in [0, 0.1) is 12.7 Å². The molecule has 1 heterocycles. The second-order valence-electron chi connectivity index (χ2n) is 5.44. The number of carbonyl (C=O) groups is 1. The largest absolute Gasteiger partial charge is 0.324 e. The van der Waals surface area contributed by atoms with Crippen LogP contribution in [0.4, 0.5) is 21.7 Å². The summed E-state index contributed by atoms with van der Waals surface area (Å²) in [6.07, 6.45) is 0. The van der Waals surface area contributed by atoms with Gasteiger partial charge in [-0.25, -0.2) is 14.4 Å². The van der Waals surface area contributed by atoms with Crippen molar-refractivity contribution < 1.29 is 9.18 Å². The molecular formula is C18H13Cl2FN4O. The fourth-order valence-corrected chi connectivity index (χ4v) is 2.58. The lowest BCUT2D eigenvalue weighted by Crippen LogP contribution is -2.15. The van der Waals surface area contributed by atoms with Crippen molar-refractivity contribution in [1.82, 2.24) is 9.97 Å². The van der Waals surface area contributed by atoms with E-state index in [9.17, 15) is 9.18 Å². The third kappa shape index (κ3) is 4.47. The van der Waals surface area contributed by atoms with E-state index in [0.717, 1.165) is 0 Å². The van der Waals surface area contributed by atoms with Crippen LogP contribution in [0.1, 0.15) is 16.2 Å². The Labute approximate surface area is 159 Å². The molecule has 0 aliphatic carbocycles. The zero-order valence-electron chi connectivity index (χ0n) is 13.6. The maximum atomic E-state index is 13.2. The molecule has 8 heteroatoms. The smallest absolute Gasteiger partial charge is 0.274 e. The lowest BCUT2D eigenvalue weighted by atomic mass is 10.2. The molecule has 0 spiro atoms. The second-order valence-corrected chi connectivity index (χ2v) is 6.28. The maximum Gasteiger partial charge on any atom is 0.274 e. The van der Waals surface area contributed by atoms with Gasteiger partial charge in [-0.05, 0) is 49.4 Å². The Balaban J connectivity index is 1.82. The number of amides is 1. The van der Waals surface area contributed by atoms with Crippen LogP contribution in [0.25, 0.3) is 0 Å². The van der Waals surface area contributed by atoms with E-state index >= 15 is 0 Å². The highest BCUT2D eigenvalue weighted by molar-refractivity contribution is 6.31. The number of rotatable bonds is 4. The number of hydrogen-bond donors (Lipinski definition) is 2. The van der Waals surface area contributed by atoms with E-state index in [2.05, 4.69) is 20.6 Å². The number of nitrogens with one attached hydrogen (secondary N) is 2. The Morgan fingerprint density at radius 2 is 1.85 bits per heavy atom. The first kappa shape index (κ1) is 18.1. The van der Waals surface area contributed by atoms with Crippen LogP contribution >= 0.6 is 23.2 Å². The van der Waals surface area contributed by atoms with Gasteiger partial charge in [-0.1, -0.05) is 29.3 Å². The quantitative estimate of drug-likeness (QED) is 0.640. The number of benzene rings is 2. The zero-order chi connectivity index (χ0) is 18.7. The predicted octanol–water partition coefficient (Wildman–Crippen LogP) is 5.23. The van der Waals surface area contributed by atoms with Gasteiger partial charge in [0, 0.05) is 22.1 Å². The van der Waals surface area contributed by atoms with Crippen LogP contribution in [0.2, 0.25) is 10.0 Å². The number of hydrogen-bond acceptors (Lipinski definition) is 4. The van der Waals surface area contributed by atoms with Gasteiger partial charge in [0.2, 0.25) is 5.95 Å². The van der Waals surface area contributed by atoms with Gasteiger partial charge in [0.1, 0.15) is 11.5 Å². The van der Waals surface area contributed by atoms with Crippen molar-refractivity contribution in [2.24, 2.45) is 0 Å². The monoisotopic (exact) mass is 390 g/mol. The Bertz CT molecular complexity index is 981. The SMILES string of the molecule is Cc1cc(C(=O)Nc2ccc(F)c(Cl)c2)nc(Nc2cccc(Cl)c2)n1. The van der Waals surface area contributed by atoms with Gasteiger partial charge in [-0.2, -0.15) is 0 Å². The summed E-state index contributed by atoms with van der Waals surface area (Å²) in [4.78, 5) is 20.9. The van der Waals surface area contributed by atoms with Gasteiger partial charge in [0.05, 0.1) is 5.02 Å². The van der Waals surface area contributed by atoms with Crippen LogP contribution in [-0.4, -0.2) is 15.9 Å². The minimum absolute atomic E-state index is 0.0787. The van der Waals surface area contributed by atoms with Gasteiger partial charge in [0.25, 0.3) is 5.91 Å². The van der Waals surface area contributed by atoms with Crippen molar-refractivity contribution in [2.75, 3.05) is 10.6 Å². The van der Waals surface area contributed by atoms with Crippen LogP contribution in [0.3, 0.4) is 0 Å². The predicted molar refractivity (Wildman–Crippen MR) is 101 cm³/mol. The Morgan fingerprint density at radius 3 is 2.58 bits per heavy atom. The van der Waals surface area contributed by atoms with E-state index in [0.29, 0.717) is 22.1 Å². The molecule has 1 aromatic heterocycles. The molecular weight excluding hydrogens is 378 g/mol. The number of aromatic nitrogens is 2. The molecule has 0 aliphatic rings. The van der Waals surface area contributed by atoms with E-state index < -0.39 is 11.7 Å². The molecule has 1 amide bonds. The molecule has 0 atom stereocenters. The van der Waals surface area contributed by atoms with E-state index in [4.69, 9.17) is 23.2 Å². The van der Waals surface area contributed by atoms with Crippen molar-refractivity contribution in [3.8, 4) is 0 Å². The first-order chi connectivity index (χ1) is 12.4. The molecule has 0 unspecified atom stereocenters. The van der Waals surface area contributed by atoms with Gasteiger partial charge in [-0.15, -0.1) is 0 Å². The van der Waals surface area contributed by atoms with Crippen LogP contribution < -0.4 is 10.6 Å². The molecule has 0 saturated carbocycles. The molecule has 0 radical (unpaired) electrons. The Hall–Kier alpha value is -2.70. The molecule has 5 nitrogen and oxygen atoms in total. The van der Waals surface area contributed by atoms with Crippen molar-refractivity contribution >= 4 is 46.4 Å². The number of aryl methyl sites for hydroxylation is 1. The molecule has 0 aliphatic heterocycles. The van der Waals surface area contributed by atoms with Crippen molar-refractivity contribution in [2.45, 2.75) is 6.92 Å². The van der Waals surface area contributed by atoms with E-state index in [1.165, 1.54) is 18.2 Å². The van der Waals surface area contributed by atoms with Crippen LogP contribution in [0.15, 0.2) is 48.5 Å². The second kappa shape index (κ2) is 7.68. The minimum Gasteiger partial charge on any atom is -0.324 e.